The predicted octanol–water partition coefficient (Wildman–Crippen LogP) is 3.15. The van der Waals surface area contributed by atoms with Crippen molar-refractivity contribution in [1.29, 1.82) is 0 Å². The van der Waals surface area contributed by atoms with Crippen LogP contribution in [-0.2, 0) is 0 Å². The fourth-order valence-electron chi connectivity index (χ4n) is 1.25. The lowest BCUT2D eigenvalue weighted by Crippen LogP contribution is -2.01. The molecule has 1 rings (SSSR count). The molecule has 0 aromatic carbocycles. The van der Waals surface area contributed by atoms with Crippen molar-refractivity contribution in [3.05, 3.63) is 35.8 Å². The van der Waals surface area contributed by atoms with E-state index < -0.39 is 0 Å². The molecule has 0 atom stereocenters. The van der Waals surface area contributed by atoms with E-state index in [1.807, 2.05) is 43.8 Å². The molecule has 1 heterocycles. The topological polar surface area (TPSA) is 43.1 Å². The van der Waals surface area contributed by atoms with E-state index in [0.29, 0.717) is 6.04 Å². The molecule has 0 bridgehead atoms. The van der Waals surface area contributed by atoms with Gasteiger partial charge in [0.1, 0.15) is 5.69 Å². The molecule has 0 unspecified atom stereocenters. The van der Waals surface area contributed by atoms with E-state index in [9.17, 15) is 0 Å². The van der Waals surface area contributed by atoms with Gasteiger partial charge in [-0.15, -0.1) is 5.10 Å². The molecule has 1 aromatic heterocycles. The van der Waals surface area contributed by atoms with Crippen LogP contribution in [0.25, 0.3) is 0 Å². The molecule has 92 valence electrons. The lowest BCUT2D eigenvalue weighted by molar-refractivity contribution is 0.514. The molecule has 0 fully saturated rings. The molecule has 0 spiro atoms. The van der Waals surface area contributed by atoms with Crippen LogP contribution >= 0.6 is 0 Å². The number of aliphatic imine (C=N–C) groups is 1. The summed E-state index contributed by atoms with van der Waals surface area (Å²) >= 11 is 0. The summed E-state index contributed by atoms with van der Waals surface area (Å²) < 4.78 is 1.83. The number of hydrogen-bond acceptors (Lipinski definition) is 3. The maximum atomic E-state index is 4.37. The zero-order valence-corrected chi connectivity index (χ0v) is 11.2. The Morgan fingerprint density at radius 3 is 2.59 bits per heavy atom. The summed E-state index contributed by atoms with van der Waals surface area (Å²) in [7, 11) is 0. The summed E-state index contributed by atoms with van der Waals surface area (Å²) in [5.41, 5.74) is 2.83. The predicted molar refractivity (Wildman–Crippen MR) is 71.2 cm³/mol. The number of hydrogen-bond donors (Lipinski definition) is 0. The highest BCUT2D eigenvalue weighted by atomic mass is 15.4. The van der Waals surface area contributed by atoms with Crippen molar-refractivity contribution in [2.75, 3.05) is 0 Å². The summed E-state index contributed by atoms with van der Waals surface area (Å²) in [6.45, 7) is 10.2. The van der Waals surface area contributed by atoms with Crippen LogP contribution in [-0.4, -0.2) is 20.7 Å². The largest absolute Gasteiger partial charge is 0.255 e. The molecule has 0 aliphatic heterocycles. The zero-order valence-electron chi connectivity index (χ0n) is 11.2. The Morgan fingerprint density at radius 2 is 2.12 bits per heavy atom. The fourth-order valence-corrected chi connectivity index (χ4v) is 1.25. The van der Waals surface area contributed by atoms with Crippen LogP contribution in [0.3, 0.4) is 0 Å². The van der Waals surface area contributed by atoms with Gasteiger partial charge in [0.05, 0.1) is 11.9 Å². The normalized spacial score (nSPS) is 12.5. The van der Waals surface area contributed by atoms with Crippen LogP contribution in [0, 0.1) is 0 Å². The van der Waals surface area contributed by atoms with Gasteiger partial charge in [0.2, 0.25) is 0 Å². The van der Waals surface area contributed by atoms with Gasteiger partial charge in [0, 0.05) is 12.2 Å². The summed E-state index contributed by atoms with van der Waals surface area (Å²) in [5.74, 6) is 0. The van der Waals surface area contributed by atoms with Crippen LogP contribution in [0.5, 0.6) is 0 Å². The van der Waals surface area contributed by atoms with Gasteiger partial charge >= 0.3 is 0 Å². The third kappa shape index (κ3) is 3.98. The van der Waals surface area contributed by atoms with Crippen molar-refractivity contribution in [1.82, 2.24) is 15.0 Å². The summed E-state index contributed by atoms with van der Waals surface area (Å²) in [6.07, 6.45) is 7.59. The van der Waals surface area contributed by atoms with Crippen LogP contribution in [0.4, 0.5) is 0 Å². The highest BCUT2D eigenvalue weighted by Crippen LogP contribution is 2.06. The Labute approximate surface area is 103 Å². The Kier molecular flexibility index (Phi) is 4.82. The minimum Gasteiger partial charge on any atom is -0.255 e. The maximum absolute atomic E-state index is 4.37. The third-order valence-electron chi connectivity index (χ3n) is 2.09. The number of allylic oxidation sites excluding steroid dienone is 3. The Morgan fingerprint density at radius 1 is 1.41 bits per heavy atom. The highest BCUT2D eigenvalue weighted by Gasteiger charge is 2.07. The molecule has 0 radical (unpaired) electrons. The quantitative estimate of drug-likeness (QED) is 0.748. The van der Waals surface area contributed by atoms with Crippen molar-refractivity contribution in [2.24, 2.45) is 4.99 Å². The first-order chi connectivity index (χ1) is 8.04. The molecule has 17 heavy (non-hydrogen) atoms. The van der Waals surface area contributed by atoms with Crippen molar-refractivity contribution in [3.8, 4) is 0 Å². The van der Waals surface area contributed by atoms with Crippen molar-refractivity contribution in [3.63, 3.8) is 0 Å². The van der Waals surface area contributed by atoms with E-state index >= 15 is 0 Å². The second-order valence-corrected chi connectivity index (χ2v) is 4.40. The monoisotopic (exact) mass is 232 g/mol. The van der Waals surface area contributed by atoms with Crippen molar-refractivity contribution in [2.45, 2.75) is 40.7 Å². The fraction of sp³-hybridized carbons (Fsp3) is 0.462. The van der Waals surface area contributed by atoms with Gasteiger partial charge in [-0.3, -0.25) is 4.99 Å². The van der Waals surface area contributed by atoms with Gasteiger partial charge in [-0.2, -0.15) is 0 Å². The van der Waals surface area contributed by atoms with Gasteiger partial charge in [0.25, 0.3) is 0 Å². The first-order valence-electron chi connectivity index (χ1n) is 5.80. The van der Waals surface area contributed by atoms with Gasteiger partial charge in [-0.1, -0.05) is 16.9 Å². The molecule has 1 aromatic rings. The van der Waals surface area contributed by atoms with Crippen LogP contribution in [0.2, 0.25) is 0 Å². The van der Waals surface area contributed by atoms with Crippen molar-refractivity contribution < 1.29 is 0 Å². The Balaban J connectivity index is 3.09. The first kappa shape index (κ1) is 13.4. The summed E-state index contributed by atoms with van der Waals surface area (Å²) in [4.78, 5) is 4.37. The van der Waals surface area contributed by atoms with Crippen LogP contribution in [0.1, 0.15) is 46.4 Å². The van der Waals surface area contributed by atoms with Crippen LogP contribution < -0.4 is 0 Å². The first-order valence-corrected chi connectivity index (χ1v) is 5.80. The van der Waals surface area contributed by atoms with Gasteiger partial charge < -0.3 is 0 Å². The summed E-state index contributed by atoms with van der Waals surface area (Å²) in [6, 6.07) is 0.311. The molecule has 0 saturated carbocycles. The van der Waals surface area contributed by atoms with E-state index in [0.717, 1.165) is 11.4 Å². The minimum atomic E-state index is 0.311. The molecule has 0 aliphatic carbocycles. The second kappa shape index (κ2) is 6.13. The standard InChI is InChI=1S/C13H20N4/c1-6-7-14-12(8-10(2)3)13-9-17(11(4)5)16-15-13/h6-9,11H,1-5H3/b7-6-,14-12?. The lowest BCUT2D eigenvalue weighted by atomic mass is 10.2. The Hall–Kier alpha value is -1.71. The zero-order chi connectivity index (χ0) is 12.8. The molecule has 0 N–H and O–H groups in total. The molecule has 4 heteroatoms. The smallest absolute Gasteiger partial charge is 0.131 e. The van der Waals surface area contributed by atoms with Crippen molar-refractivity contribution >= 4 is 5.71 Å². The lowest BCUT2D eigenvalue weighted by Gasteiger charge is -2.01. The average molecular weight is 232 g/mol. The molecule has 0 saturated heterocycles. The third-order valence-corrected chi connectivity index (χ3v) is 2.09. The van der Waals surface area contributed by atoms with E-state index in [4.69, 9.17) is 0 Å². The molecule has 0 aliphatic rings. The number of rotatable bonds is 4. The van der Waals surface area contributed by atoms with Crippen LogP contribution in [0.15, 0.2) is 35.1 Å². The molecule has 0 amide bonds. The SMILES string of the molecule is C/C=C\N=C(C=C(C)C)c1cn(C(C)C)nn1. The van der Waals surface area contributed by atoms with E-state index in [-0.39, 0.29) is 0 Å². The molecule has 4 nitrogen and oxygen atoms in total. The second-order valence-electron chi connectivity index (χ2n) is 4.40. The minimum absolute atomic E-state index is 0.311. The van der Waals surface area contributed by atoms with E-state index in [1.54, 1.807) is 6.20 Å². The maximum Gasteiger partial charge on any atom is 0.131 e. The van der Waals surface area contributed by atoms with Gasteiger partial charge in [-0.05, 0) is 40.7 Å². The average Bonchev–Trinajstić information content (AvgIpc) is 2.72. The Bertz CT molecular complexity index is 446. The van der Waals surface area contributed by atoms with E-state index in [2.05, 4.69) is 29.2 Å². The molecular formula is C13H20N4. The summed E-state index contributed by atoms with van der Waals surface area (Å²) in [5, 5.41) is 8.23. The van der Waals surface area contributed by atoms with Gasteiger partial charge in [-0.25, -0.2) is 4.68 Å². The highest BCUT2D eigenvalue weighted by molar-refractivity contribution is 6.07. The van der Waals surface area contributed by atoms with E-state index in [1.165, 1.54) is 5.57 Å². The molecular weight excluding hydrogens is 212 g/mol. The van der Waals surface area contributed by atoms with Gasteiger partial charge in [0.15, 0.2) is 0 Å². The number of nitrogens with zero attached hydrogens (tertiary/aromatic N) is 4. The number of aromatic nitrogens is 3.